The van der Waals surface area contributed by atoms with Gasteiger partial charge in [0.25, 0.3) is 5.91 Å². The van der Waals surface area contributed by atoms with Crippen LogP contribution in [0.25, 0.3) is 10.8 Å². The standard InChI is InChI=1S/C27H33N3O3S/c1-18(2)13-25(27(32)33-3)30(26(31)19-9-5-4-6-10-19)22-14-20-11-7-8-12-23(20)24(15-22)29-16-21(28)17-34/h4-12,14-15,18,21,25,29,34H,13,16-17,28H2,1-3H3/t21-,25+/m1/s1. The summed E-state index contributed by atoms with van der Waals surface area (Å²) < 4.78 is 5.14. The average molecular weight is 480 g/mol. The number of carbonyl (C=O) groups excluding carboxylic acids is 2. The maximum Gasteiger partial charge on any atom is 0.328 e. The monoisotopic (exact) mass is 479 g/mol. The molecule has 180 valence electrons. The number of carbonyl (C=O) groups is 2. The fourth-order valence-electron chi connectivity index (χ4n) is 3.93. The van der Waals surface area contributed by atoms with Crippen molar-refractivity contribution in [3.05, 3.63) is 72.3 Å². The number of rotatable bonds is 10. The fraction of sp³-hybridized carbons (Fsp3) is 0.333. The summed E-state index contributed by atoms with van der Waals surface area (Å²) in [6, 6.07) is 19.9. The molecule has 6 nitrogen and oxygen atoms in total. The number of hydrogen-bond acceptors (Lipinski definition) is 6. The third kappa shape index (κ3) is 6.10. The van der Waals surface area contributed by atoms with Crippen LogP contribution >= 0.6 is 12.6 Å². The number of nitrogens with two attached hydrogens (primary N) is 1. The van der Waals surface area contributed by atoms with Gasteiger partial charge in [-0.15, -0.1) is 0 Å². The molecule has 3 aromatic carbocycles. The van der Waals surface area contributed by atoms with Crippen LogP contribution < -0.4 is 16.0 Å². The Bertz CT molecular complexity index is 1120. The van der Waals surface area contributed by atoms with E-state index in [0.29, 0.717) is 30.0 Å². The fourth-order valence-corrected chi connectivity index (χ4v) is 4.06. The van der Waals surface area contributed by atoms with Gasteiger partial charge in [-0.1, -0.05) is 56.3 Å². The number of hydrogen-bond donors (Lipinski definition) is 3. The lowest BCUT2D eigenvalue weighted by molar-refractivity contribution is -0.142. The topological polar surface area (TPSA) is 84.7 Å². The molecular formula is C27H33N3O3S. The van der Waals surface area contributed by atoms with Gasteiger partial charge in [0.1, 0.15) is 6.04 Å². The molecule has 0 heterocycles. The molecule has 0 saturated carbocycles. The van der Waals surface area contributed by atoms with E-state index in [1.54, 1.807) is 17.0 Å². The van der Waals surface area contributed by atoms with Gasteiger partial charge >= 0.3 is 5.97 Å². The number of methoxy groups -OCH3 is 1. The van der Waals surface area contributed by atoms with E-state index in [9.17, 15) is 9.59 Å². The Kier molecular flexibility index (Phi) is 8.96. The summed E-state index contributed by atoms with van der Waals surface area (Å²) in [5.41, 5.74) is 8.04. The number of nitrogens with zero attached hydrogens (tertiary/aromatic N) is 1. The van der Waals surface area contributed by atoms with Gasteiger partial charge in [-0.05, 0) is 42.0 Å². The van der Waals surface area contributed by atoms with Crippen LogP contribution in [0.4, 0.5) is 11.4 Å². The molecule has 3 N–H and O–H groups in total. The smallest absolute Gasteiger partial charge is 0.328 e. The van der Waals surface area contributed by atoms with Crippen LogP contribution in [0, 0.1) is 5.92 Å². The molecule has 0 aliphatic carbocycles. The summed E-state index contributed by atoms with van der Waals surface area (Å²) in [5.74, 6) is 0.00601. The Labute approximate surface area is 206 Å². The molecule has 0 unspecified atom stereocenters. The van der Waals surface area contributed by atoms with Gasteiger partial charge in [0.15, 0.2) is 0 Å². The lowest BCUT2D eigenvalue weighted by Gasteiger charge is -2.32. The van der Waals surface area contributed by atoms with Crippen molar-refractivity contribution in [2.45, 2.75) is 32.4 Å². The lowest BCUT2D eigenvalue weighted by atomic mass is 9.99. The SMILES string of the molecule is COC(=O)[C@H](CC(C)C)N(C(=O)c1ccccc1)c1cc(NC[C@@H](N)CS)c2ccccc2c1. The first-order valence-electron chi connectivity index (χ1n) is 11.4. The van der Waals surface area contributed by atoms with E-state index in [2.05, 4.69) is 17.9 Å². The van der Waals surface area contributed by atoms with Crippen LogP contribution in [0.5, 0.6) is 0 Å². The van der Waals surface area contributed by atoms with Gasteiger partial charge < -0.3 is 15.8 Å². The number of benzene rings is 3. The highest BCUT2D eigenvalue weighted by molar-refractivity contribution is 7.80. The molecule has 0 bridgehead atoms. The van der Waals surface area contributed by atoms with Crippen molar-refractivity contribution < 1.29 is 14.3 Å². The first-order valence-corrected chi connectivity index (χ1v) is 12.1. The third-order valence-electron chi connectivity index (χ3n) is 5.63. The highest BCUT2D eigenvalue weighted by Gasteiger charge is 2.33. The number of fused-ring (bicyclic) bond motifs is 1. The summed E-state index contributed by atoms with van der Waals surface area (Å²) in [6.07, 6.45) is 0.464. The molecule has 3 aromatic rings. The van der Waals surface area contributed by atoms with Crippen LogP contribution in [-0.2, 0) is 9.53 Å². The molecule has 1 amide bonds. The highest BCUT2D eigenvalue weighted by Crippen LogP contribution is 2.33. The van der Waals surface area contributed by atoms with E-state index in [1.165, 1.54) is 7.11 Å². The molecule has 7 heteroatoms. The molecule has 34 heavy (non-hydrogen) atoms. The summed E-state index contributed by atoms with van der Waals surface area (Å²) >= 11 is 4.28. The zero-order chi connectivity index (χ0) is 24.7. The molecule has 0 aliphatic rings. The Morgan fingerprint density at radius 1 is 1.06 bits per heavy atom. The third-order valence-corrected chi connectivity index (χ3v) is 6.10. The van der Waals surface area contributed by atoms with Crippen LogP contribution in [0.3, 0.4) is 0 Å². The molecule has 0 spiro atoms. The van der Waals surface area contributed by atoms with E-state index < -0.39 is 12.0 Å². The summed E-state index contributed by atoms with van der Waals surface area (Å²) in [5, 5.41) is 5.36. The normalized spacial score (nSPS) is 12.9. The van der Waals surface area contributed by atoms with Gasteiger partial charge in [-0.3, -0.25) is 9.69 Å². The van der Waals surface area contributed by atoms with Crippen molar-refractivity contribution in [3.63, 3.8) is 0 Å². The van der Waals surface area contributed by atoms with E-state index >= 15 is 0 Å². The predicted molar refractivity (Wildman–Crippen MR) is 143 cm³/mol. The van der Waals surface area contributed by atoms with Gasteiger partial charge in [-0.25, -0.2) is 4.79 Å². The Balaban J connectivity index is 2.18. The number of thiol groups is 1. The molecule has 0 fully saturated rings. The zero-order valence-corrected chi connectivity index (χ0v) is 20.8. The first kappa shape index (κ1) is 25.6. The Morgan fingerprint density at radius 3 is 2.38 bits per heavy atom. The van der Waals surface area contributed by atoms with Crippen molar-refractivity contribution in [1.29, 1.82) is 0 Å². The van der Waals surface area contributed by atoms with Crippen LogP contribution in [0.15, 0.2) is 66.7 Å². The highest BCUT2D eigenvalue weighted by atomic mass is 32.1. The number of esters is 1. The van der Waals surface area contributed by atoms with Crippen LogP contribution in [-0.4, -0.2) is 43.4 Å². The van der Waals surface area contributed by atoms with Gasteiger partial charge in [0, 0.05) is 40.7 Å². The van der Waals surface area contributed by atoms with Gasteiger partial charge in [-0.2, -0.15) is 12.6 Å². The Hall–Kier alpha value is -3.03. The van der Waals surface area contributed by atoms with Crippen molar-refractivity contribution >= 4 is 46.7 Å². The van der Waals surface area contributed by atoms with E-state index in [4.69, 9.17) is 10.5 Å². The van der Waals surface area contributed by atoms with Crippen molar-refractivity contribution in [1.82, 2.24) is 0 Å². The minimum Gasteiger partial charge on any atom is -0.467 e. The maximum absolute atomic E-state index is 13.8. The van der Waals surface area contributed by atoms with Gasteiger partial charge in [0.2, 0.25) is 0 Å². The lowest BCUT2D eigenvalue weighted by Crippen LogP contribution is -2.46. The second-order valence-electron chi connectivity index (χ2n) is 8.75. The van der Waals surface area contributed by atoms with E-state index in [0.717, 1.165) is 16.5 Å². The largest absolute Gasteiger partial charge is 0.467 e. The molecule has 3 rings (SSSR count). The van der Waals surface area contributed by atoms with Crippen LogP contribution in [0.1, 0.15) is 30.6 Å². The zero-order valence-electron chi connectivity index (χ0n) is 19.9. The average Bonchev–Trinajstić information content (AvgIpc) is 2.86. The second-order valence-corrected chi connectivity index (χ2v) is 9.11. The number of amides is 1. The first-order chi connectivity index (χ1) is 16.3. The quantitative estimate of drug-likeness (QED) is 0.289. The number of nitrogens with one attached hydrogen (secondary N) is 1. The summed E-state index contributed by atoms with van der Waals surface area (Å²) in [4.78, 5) is 28.3. The summed E-state index contributed by atoms with van der Waals surface area (Å²) in [6.45, 7) is 4.57. The number of ether oxygens (including phenoxy) is 1. The molecule has 2 atom stereocenters. The van der Waals surface area contributed by atoms with E-state index in [1.807, 2.05) is 68.4 Å². The minimum absolute atomic E-state index is 0.128. The molecular weight excluding hydrogens is 446 g/mol. The molecule has 0 aromatic heterocycles. The van der Waals surface area contributed by atoms with Crippen molar-refractivity contribution in [3.8, 4) is 0 Å². The van der Waals surface area contributed by atoms with E-state index in [-0.39, 0.29) is 17.9 Å². The Morgan fingerprint density at radius 2 is 1.74 bits per heavy atom. The molecule has 0 radical (unpaired) electrons. The maximum atomic E-state index is 13.8. The number of anilines is 2. The second kappa shape index (κ2) is 11.9. The van der Waals surface area contributed by atoms with Crippen LogP contribution in [0.2, 0.25) is 0 Å². The molecule has 0 saturated heterocycles. The molecule has 0 aliphatic heterocycles. The summed E-state index contributed by atoms with van der Waals surface area (Å²) in [7, 11) is 1.35. The van der Waals surface area contributed by atoms with Crippen molar-refractivity contribution in [2.24, 2.45) is 11.7 Å². The van der Waals surface area contributed by atoms with Gasteiger partial charge in [0.05, 0.1) is 7.11 Å². The predicted octanol–water partition coefficient (Wildman–Crippen LogP) is 4.74. The van der Waals surface area contributed by atoms with Crippen molar-refractivity contribution in [2.75, 3.05) is 29.6 Å². The minimum atomic E-state index is -0.772.